The molecule has 2 aromatic rings. The molecule has 1 aliphatic carbocycles. The van der Waals surface area contributed by atoms with E-state index >= 15 is 0 Å². The molecule has 0 spiro atoms. The first-order valence-electron chi connectivity index (χ1n) is 7.87. The van der Waals surface area contributed by atoms with Gasteiger partial charge in [0, 0.05) is 22.6 Å². The summed E-state index contributed by atoms with van der Waals surface area (Å²) in [5.41, 5.74) is 0. The lowest BCUT2D eigenvalue weighted by molar-refractivity contribution is 0.330. The van der Waals surface area contributed by atoms with E-state index in [2.05, 4.69) is 46.1 Å². The van der Waals surface area contributed by atoms with E-state index in [-0.39, 0.29) is 0 Å². The Hall–Kier alpha value is -0.810. The number of thiophene rings is 1. The Labute approximate surface area is 135 Å². The van der Waals surface area contributed by atoms with Crippen molar-refractivity contribution in [2.45, 2.75) is 68.8 Å². The molecule has 0 aromatic carbocycles. The zero-order valence-corrected chi connectivity index (χ0v) is 14.4. The molecule has 1 fully saturated rings. The third-order valence-electron chi connectivity index (χ3n) is 3.93. The topological polar surface area (TPSA) is 30.7 Å². The average molecular weight is 322 g/mol. The Bertz CT molecular complexity index is 554. The van der Waals surface area contributed by atoms with E-state index in [1.165, 1.54) is 37.0 Å². The summed E-state index contributed by atoms with van der Waals surface area (Å²) in [4.78, 5) is 1.38. The highest BCUT2D eigenvalue weighted by molar-refractivity contribution is 7.99. The van der Waals surface area contributed by atoms with Gasteiger partial charge in [-0.1, -0.05) is 50.9 Å². The highest BCUT2D eigenvalue weighted by atomic mass is 32.2. The molecule has 3 rings (SSSR count). The molecule has 114 valence electrons. The molecular formula is C16H23N3S2. The van der Waals surface area contributed by atoms with Crippen molar-refractivity contribution in [3.05, 3.63) is 28.2 Å². The second kappa shape index (κ2) is 6.97. The van der Waals surface area contributed by atoms with Crippen molar-refractivity contribution in [3.63, 3.8) is 0 Å². The van der Waals surface area contributed by atoms with E-state index < -0.39 is 0 Å². The number of nitrogens with zero attached hydrogens (tertiary/aromatic N) is 3. The van der Waals surface area contributed by atoms with Gasteiger partial charge in [-0.15, -0.1) is 21.5 Å². The van der Waals surface area contributed by atoms with Crippen LogP contribution in [-0.2, 0) is 6.42 Å². The van der Waals surface area contributed by atoms with Crippen LogP contribution in [0.25, 0.3) is 0 Å². The molecule has 0 amide bonds. The maximum absolute atomic E-state index is 4.52. The summed E-state index contributed by atoms with van der Waals surface area (Å²) >= 11 is 3.65. The minimum absolute atomic E-state index is 0.547. The van der Waals surface area contributed by atoms with Crippen LogP contribution in [0.4, 0.5) is 0 Å². The molecule has 1 aliphatic rings. The third kappa shape index (κ3) is 3.69. The molecule has 3 nitrogen and oxygen atoms in total. The first-order chi connectivity index (χ1) is 10.2. The predicted octanol–water partition coefficient (Wildman–Crippen LogP) is 4.94. The van der Waals surface area contributed by atoms with Crippen LogP contribution in [0.3, 0.4) is 0 Å². The van der Waals surface area contributed by atoms with Crippen molar-refractivity contribution in [2.75, 3.05) is 0 Å². The molecule has 2 heterocycles. The predicted molar refractivity (Wildman–Crippen MR) is 90.3 cm³/mol. The molecule has 0 atom stereocenters. The second-order valence-corrected chi connectivity index (χ2v) is 8.56. The van der Waals surface area contributed by atoms with Crippen LogP contribution in [0.1, 0.15) is 62.7 Å². The Morgan fingerprint density at radius 2 is 2.10 bits per heavy atom. The van der Waals surface area contributed by atoms with Crippen LogP contribution in [0.5, 0.6) is 0 Å². The van der Waals surface area contributed by atoms with Gasteiger partial charge in [-0.05, 0) is 24.3 Å². The average Bonchev–Trinajstić information content (AvgIpc) is 3.10. The van der Waals surface area contributed by atoms with Crippen LogP contribution in [0, 0.1) is 0 Å². The Morgan fingerprint density at radius 1 is 1.29 bits per heavy atom. The van der Waals surface area contributed by atoms with Crippen LogP contribution >= 0.6 is 23.1 Å². The fourth-order valence-corrected chi connectivity index (χ4v) is 4.57. The van der Waals surface area contributed by atoms with Gasteiger partial charge in [0.05, 0.1) is 0 Å². The van der Waals surface area contributed by atoms with E-state index in [4.69, 9.17) is 0 Å². The zero-order chi connectivity index (χ0) is 14.7. The number of hydrogen-bond acceptors (Lipinski definition) is 4. The zero-order valence-electron chi connectivity index (χ0n) is 12.8. The Morgan fingerprint density at radius 3 is 2.76 bits per heavy atom. The number of hydrogen-bond donors (Lipinski definition) is 0. The van der Waals surface area contributed by atoms with Crippen molar-refractivity contribution >= 4 is 23.1 Å². The van der Waals surface area contributed by atoms with Gasteiger partial charge >= 0.3 is 0 Å². The SMILES string of the molecule is CC(C)Sc1nnc(Cc2cccs2)n1C1CCCCC1. The summed E-state index contributed by atoms with van der Waals surface area (Å²) in [5.74, 6) is 1.15. The molecule has 0 saturated heterocycles. The first-order valence-corrected chi connectivity index (χ1v) is 9.63. The quantitative estimate of drug-likeness (QED) is 0.731. The highest BCUT2D eigenvalue weighted by Gasteiger charge is 2.23. The van der Waals surface area contributed by atoms with Crippen LogP contribution in [0.2, 0.25) is 0 Å². The van der Waals surface area contributed by atoms with Crippen LogP contribution < -0.4 is 0 Å². The second-order valence-electron chi connectivity index (χ2n) is 5.98. The van der Waals surface area contributed by atoms with Gasteiger partial charge in [-0.25, -0.2) is 0 Å². The Balaban J connectivity index is 1.89. The van der Waals surface area contributed by atoms with Crippen molar-refractivity contribution in [3.8, 4) is 0 Å². The Kier molecular flexibility index (Phi) is 5.01. The summed E-state index contributed by atoms with van der Waals surface area (Å²) in [7, 11) is 0. The monoisotopic (exact) mass is 321 g/mol. The van der Waals surface area contributed by atoms with Crippen molar-refractivity contribution in [1.82, 2.24) is 14.8 Å². The fraction of sp³-hybridized carbons (Fsp3) is 0.625. The number of aromatic nitrogens is 3. The number of thioether (sulfide) groups is 1. The molecule has 0 aliphatic heterocycles. The van der Waals surface area contributed by atoms with Crippen molar-refractivity contribution in [2.24, 2.45) is 0 Å². The molecule has 2 aromatic heterocycles. The van der Waals surface area contributed by atoms with Gasteiger partial charge in [0.25, 0.3) is 0 Å². The minimum Gasteiger partial charge on any atom is -0.303 e. The molecule has 0 N–H and O–H groups in total. The largest absolute Gasteiger partial charge is 0.303 e. The third-order valence-corrected chi connectivity index (χ3v) is 5.77. The van der Waals surface area contributed by atoms with Gasteiger partial charge in [0.1, 0.15) is 5.82 Å². The highest BCUT2D eigenvalue weighted by Crippen LogP contribution is 2.34. The molecule has 0 radical (unpaired) electrons. The lowest BCUT2D eigenvalue weighted by atomic mass is 9.95. The van der Waals surface area contributed by atoms with E-state index in [9.17, 15) is 0 Å². The summed E-state index contributed by atoms with van der Waals surface area (Å²) in [5, 5.41) is 12.8. The molecule has 0 bridgehead atoms. The van der Waals surface area contributed by atoms with Crippen LogP contribution in [-0.4, -0.2) is 20.0 Å². The minimum atomic E-state index is 0.547. The standard InChI is InChI=1S/C16H23N3S2/c1-12(2)21-16-18-17-15(11-14-9-6-10-20-14)19(16)13-7-4-3-5-8-13/h6,9-10,12-13H,3-5,7-8,11H2,1-2H3. The van der Waals surface area contributed by atoms with Crippen LogP contribution in [0.15, 0.2) is 22.7 Å². The van der Waals surface area contributed by atoms with E-state index in [0.29, 0.717) is 11.3 Å². The molecular weight excluding hydrogens is 298 g/mol. The van der Waals surface area contributed by atoms with Crippen molar-refractivity contribution in [1.29, 1.82) is 0 Å². The molecule has 5 heteroatoms. The van der Waals surface area contributed by atoms with Gasteiger partial charge < -0.3 is 4.57 Å². The summed E-state index contributed by atoms with van der Waals surface area (Å²) < 4.78 is 2.45. The lowest BCUT2D eigenvalue weighted by Gasteiger charge is -2.25. The van der Waals surface area contributed by atoms with Crippen molar-refractivity contribution < 1.29 is 0 Å². The van der Waals surface area contributed by atoms with Gasteiger partial charge in [0.15, 0.2) is 5.16 Å². The summed E-state index contributed by atoms with van der Waals surface area (Å²) in [6.45, 7) is 4.45. The summed E-state index contributed by atoms with van der Waals surface area (Å²) in [6, 6.07) is 4.91. The fourth-order valence-electron chi connectivity index (χ4n) is 2.99. The normalized spacial score (nSPS) is 16.7. The summed E-state index contributed by atoms with van der Waals surface area (Å²) in [6.07, 6.45) is 7.54. The van der Waals surface area contributed by atoms with E-state index in [0.717, 1.165) is 17.4 Å². The molecule has 0 unspecified atom stereocenters. The van der Waals surface area contributed by atoms with Gasteiger partial charge in [-0.3, -0.25) is 0 Å². The molecule has 1 saturated carbocycles. The lowest BCUT2D eigenvalue weighted by Crippen LogP contribution is -2.17. The van der Waals surface area contributed by atoms with E-state index in [1.807, 2.05) is 23.1 Å². The maximum atomic E-state index is 4.52. The molecule has 21 heavy (non-hydrogen) atoms. The maximum Gasteiger partial charge on any atom is 0.191 e. The van der Waals surface area contributed by atoms with Gasteiger partial charge in [-0.2, -0.15) is 0 Å². The number of rotatable bonds is 5. The smallest absolute Gasteiger partial charge is 0.191 e. The van der Waals surface area contributed by atoms with Gasteiger partial charge in [0.2, 0.25) is 0 Å². The van der Waals surface area contributed by atoms with E-state index in [1.54, 1.807) is 0 Å². The first kappa shape index (κ1) is 15.1.